The van der Waals surface area contributed by atoms with Gasteiger partial charge in [0.2, 0.25) is 5.91 Å². The number of rotatable bonds is 6. The number of hydrogen-bond acceptors (Lipinski definition) is 5. The number of carbonyl (C=O) groups excluding carboxylic acids is 1. The summed E-state index contributed by atoms with van der Waals surface area (Å²) in [6.45, 7) is 3.97. The summed E-state index contributed by atoms with van der Waals surface area (Å²) in [6.07, 6.45) is 6.44. The van der Waals surface area contributed by atoms with E-state index in [1.54, 1.807) is 6.20 Å². The Morgan fingerprint density at radius 2 is 1.89 bits per heavy atom. The van der Waals surface area contributed by atoms with Crippen LogP contribution in [0.5, 0.6) is 0 Å². The predicted molar refractivity (Wildman–Crippen MR) is 110 cm³/mol. The van der Waals surface area contributed by atoms with Crippen LogP contribution in [0.1, 0.15) is 43.1 Å². The van der Waals surface area contributed by atoms with Gasteiger partial charge in [-0.3, -0.25) is 9.36 Å². The number of benzene rings is 1. The summed E-state index contributed by atoms with van der Waals surface area (Å²) in [6, 6.07) is 10.4. The molecule has 1 amide bonds. The standard InChI is InChI=1S/C20H24N6OS/c1-14-7-9-16(10-8-14)25-15(2)23-24-20(25)28-13-19(27)22-18-11-12-21-26(18)17-5-3-4-6-17/h7-12,17H,3-6,13H2,1-2H3,(H,22,27). The van der Waals surface area contributed by atoms with E-state index in [2.05, 4.69) is 39.7 Å². The molecule has 2 heterocycles. The zero-order valence-corrected chi connectivity index (χ0v) is 16.9. The van der Waals surface area contributed by atoms with Crippen LogP contribution in [-0.4, -0.2) is 36.2 Å². The highest BCUT2D eigenvalue weighted by Gasteiger charge is 2.21. The van der Waals surface area contributed by atoms with Crippen molar-refractivity contribution < 1.29 is 4.79 Å². The molecule has 0 aliphatic heterocycles. The maximum Gasteiger partial charge on any atom is 0.235 e. The highest BCUT2D eigenvalue weighted by molar-refractivity contribution is 7.99. The molecule has 0 spiro atoms. The largest absolute Gasteiger partial charge is 0.310 e. The van der Waals surface area contributed by atoms with Gasteiger partial charge in [-0.15, -0.1) is 10.2 Å². The van der Waals surface area contributed by atoms with Crippen LogP contribution < -0.4 is 5.32 Å². The van der Waals surface area contributed by atoms with E-state index in [4.69, 9.17) is 0 Å². The van der Waals surface area contributed by atoms with Gasteiger partial charge in [0, 0.05) is 11.8 Å². The van der Waals surface area contributed by atoms with Crippen molar-refractivity contribution >= 4 is 23.5 Å². The molecule has 1 N–H and O–H groups in total. The first-order valence-electron chi connectivity index (χ1n) is 9.57. The smallest absolute Gasteiger partial charge is 0.235 e. The Hall–Kier alpha value is -2.61. The van der Waals surface area contributed by atoms with Crippen molar-refractivity contribution in [3.8, 4) is 5.69 Å². The van der Waals surface area contributed by atoms with Crippen LogP contribution in [0, 0.1) is 13.8 Å². The summed E-state index contributed by atoms with van der Waals surface area (Å²) in [7, 11) is 0. The monoisotopic (exact) mass is 396 g/mol. The first kappa shape index (κ1) is 18.7. The molecule has 0 radical (unpaired) electrons. The van der Waals surface area contributed by atoms with Gasteiger partial charge in [0.25, 0.3) is 0 Å². The van der Waals surface area contributed by atoms with Crippen LogP contribution in [0.2, 0.25) is 0 Å². The Bertz CT molecular complexity index is 955. The van der Waals surface area contributed by atoms with E-state index in [9.17, 15) is 4.79 Å². The van der Waals surface area contributed by atoms with Crippen LogP contribution >= 0.6 is 11.8 Å². The van der Waals surface area contributed by atoms with Crippen molar-refractivity contribution in [1.29, 1.82) is 0 Å². The maximum atomic E-state index is 12.5. The molecular weight excluding hydrogens is 372 g/mol. The number of aromatic nitrogens is 5. The van der Waals surface area contributed by atoms with Gasteiger partial charge in [-0.05, 0) is 38.8 Å². The van der Waals surface area contributed by atoms with E-state index in [0.717, 1.165) is 30.2 Å². The summed E-state index contributed by atoms with van der Waals surface area (Å²) in [5.74, 6) is 1.76. The van der Waals surface area contributed by atoms with E-state index in [-0.39, 0.29) is 11.7 Å². The SMILES string of the molecule is Cc1ccc(-n2c(C)nnc2SCC(=O)Nc2ccnn2C2CCCC2)cc1. The lowest BCUT2D eigenvalue weighted by Gasteiger charge is -2.14. The highest BCUT2D eigenvalue weighted by Crippen LogP contribution is 2.31. The van der Waals surface area contributed by atoms with Crippen molar-refractivity contribution in [1.82, 2.24) is 24.5 Å². The fourth-order valence-electron chi connectivity index (χ4n) is 3.59. The minimum atomic E-state index is -0.0687. The van der Waals surface area contributed by atoms with Gasteiger partial charge in [-0.25, -0.2) is 4.68 Å². The third-order valence-electron chi connectivity index (χ3n) is 5.03. The molecule has 3 aromatic rings. The van der Waals surface area contributed by atoms with E-state index in [0.29, 0.717) is 11.2 Å². The van der Waals surface area contributed by atoms with Gasteiger partial charge in [0.15, 0.2) is 5.16 Å². The van der Waals surface area contributed by atoms with Crippen molar-refractivity contribution in [2.24, 2.45) is 0 Å². The molecule has 1 aliphatic rings. The molecule has 7 nitrogen and oxygen atoms in total. The molecule has 1 aliphatic carbocycles. The molecular formula is C20H24N6OS. The number of amides is 1. The minimum Gasteiger partial charge on any atom is -0.310 e. The lowest BCUT2D eigenvalue weighted by Crippen LogP contribution is -2.19. The Morgan fingerprint density at radius 1 is 1.14 bits per heavy atom. The van der Waals surface area contributed by atoms with E-state index < -0.39 is 0 Å². The molecule has 0 bridgehead atoms. The van der Waals surface area contributed by atoms with Gasteiger partial charge in [0.1, 0.15) is 11.6 Å². The quantitative estimate of drug-likeness (QED) is 0.639. The first-order chi connectivity index (χ1) is 13.6. The van der Waals surface area contributed by atoms with Crippen LogP contribution in [0.25, 0.3) is 5.69 Å². The van der Waals surface area contributed by atoms with Crippen LogP contribution in [0.4, 0.5) is 5.82 Å². The van der Waals surface area contributed by atoms with Crippen LogP contribution in [0.3, 0.4) is 0 Å². The van der Waals surface area contributed by atoms with Crippen molar-refractivity contribution in [2.75, 3.05) is 11.1 Å². The maximum absolute atomic E-state index is 12.5. The second kappa shape index (κ2) is 8.18. The average Bonchev–Trinajstić information content (AvgIpc) is 3.42. The second-order valence-electron chi connectivity index (χ2n) is 7.14. The van der Waals surface area contributed by atoms with Crippen LogP contribution in [-0.2, 0) is 4.79 Å². The predicted octanol–water partition coefficient (Wildman–Crippen LogP) is 3.93. The number of hydrogen-bond donors (Lipinski definition) is 1. The van der Waals surface area contributed by atoms with Gasteiger partial charge < -0.3 is 5.32 Å². The molecule has 1 aromatic carbocycles. The zero-order valence-electron chi connectivity index (χ0n) is 16.1. The summed E-state index contributed by atoms with van der Waals surface area (Å²) < 4.78 is 3.93. The van der Waals surface area contributed by atoms with Gasteiger partial charge in [0.05, 0.1) is 18.0 Å². The average molecular weight is 397 g/mol. The van der Waals surface area contributed by atoms with E-state index in [1.807, 2.05) is 34.4 Å². The van der Waals surface area contributed by atoms with Gasteiger partial charge >= 0.3 is 0 Å². The normalized spacial score (nSPS) is 14.5. The highest BCUT2D eigenvalue weighted by atomic mass is 32.2. The van der Waals surface area contributed by atoms with Gasteiger partial charge in [-0.2, -0.15) is 5.10 Å². The van der Waals surface area contributed by atoms with E-state index >= 15 is 0 Å². The number of carbonyl (C=O) groups is 1. The number of thioether (sulfide) groups is 1. The number of nitrogens with one attached hydrogen (secondary N) is 1. The summed E-state index contributed by atoms with van der Waals surface area (Å²) >= 11 is 1.38. The van der Waals surface area contributed by atoms with E-state index in [1.165, 1.54) is 30.2 Å². The lowest BCUT2D eigenvalue weighted by atomic mass is 10.2. The fraction of sp³-hybridized carbons (Fsp3) is 0.400. The fourth-order valence-corrected chi connectivity index (χ4v) is 4.39. The summed E-state index contributed by atoms with van der Waals surface area (Å²) in [4.78, 5) is 12.5. The summed E-state index contributed by atoms with van der Waals surface area (Å²) in [5, 5.41) is 16.5. The molecule has 146 valence electrons. The number of aryl methyl sites for hydroxylation is 2. The third-order valence-corrected chi connectivity index (χ3v) is 5.96. The van der Waals surface area contributed by atoms with Crippen molar-refractivity contribution in [3.63, 3.8) is 0 Å². The Morgan fingerprint density at radius 3 is 2.64 bits per heavy atom. The molecule has 8 heteroatoms. The van der Waals surface area contributed by atoms with Crippen LogP contribution in [0.15, 0.2) is 41.7 Å². The Labute approximate surface area is 168 Å². The third kappa shape index (κ3) is 3.96. The summed E-state index contributed by atoms with van der Waals surface area (Å²) in [5.41, 5.74) is 2.19. The molecule has 0 atom stereocenters. The Kier molecular flexibility index (Phi) is 5.47. The molecule has 2 aromatic heterocycles. The molecule has 0 unspecified atom stereocenters. The molecule has 1 saturated carbocycles. The van der Waals surface area contributed by atoms with Crippen molar-refractivity contribution in [2.45, 2.75) is 50.7 Å². The second-order valence-corrected chi connectivity index (χ2v) is 8.08. The first-order valence-corrected chi connectivity index (χ1v) is 10.6. The molecule has 28 heavy (non-hydrogen) atoms. The topological polar surface area (TPSA) is 77.6 Å². The molecule has 4 rings (SSSR count). The van der Waals surface area contributed by atoms with Crippen molar-refractivity contribution in [3.05, 3.63) is 47.9 Å². The molecule has 0 saturated heterocycles. The zero-order chi connectivity index (χ0) is 19.5. The van der Waals surface area contributed by atoms with Gasteiger partial charge in [-0.1, -0.05) is 42.3 Å². The number of anilines is 1. The molecule has 1 fully saturated rings. The Balaban J connectivity index is 1.42. The minimum absolute atomic E-state index is 0.0687. The number of nitrogens with zero attached hydrogens (tertiary/aromatic N) is 5. The lowest BCUT2D eigenvalue weighted by molar-refractivity contribution is -0.113.